The molecule has 0 atom stereocenters. The van der Waals surface area contributed by atoms with Crippen molar-refractivity contribution in [3.63, 3.8) is 0 Å². The first kappa shape index (κ1) is 14.0. The molecule has 1 fully saturated rings. The van der Waals surface area contributed by atoms with E-state index in [1.54, 1.807) is 0 Å². The first-order chi connectivity index (χ1) is 8.65. The Morgan fingerprint density at radius 3 is 2.16 bits per heavy atom. The SMILES string of the molecule is CC(C)(C)Oc1ccc(C(F)(F)F)cc1OC1CC1. The molecule has 1 saturated carbocycles. The van der Waals surface area contributed by atoms with Crippen LogP contribution in [0.25, 0.3) is 0 Å². The topological polar surface area (TPSA) is 18.5 Å². The summed E-state index contributed by atoms with van der Waals surface area (Å²) < 4.78 is 49.2. The second-order valence-electron chi connectivity index (χ2n) is 5.69. The minimum atomic E-state index is -4.37. The van der Waals surface area contributed by atoms with Crippen molar-refractivity contribution in [1.82, 2.24) is 0 Å². The molecule has 0 spiro atoms. The Bertz CT molecular complexity index is 457. The van der Waals surface area contributed by atoms with Crippen molar-refractivity contribution in [1.29, 1.82) is 0 Å². The predicted octanol–water partition coefficient (Wildman–Crippen LogP) is 4.42. The molecule has 0 heterocycles. The molecular formula is C14H17F3O2. The molecule has 0 radical (unpaired) electrons. The summed E-state index contributed by atoms with van der Waals surface area (Å²) in [7, 11) is 0. The van der Waals surface area contributed by atoms with Crippen LogP contribution < -0.4 is 9.47 Å². The number of rotatable bonds is 3. The van der Waals surface area contributed by atoms with E-state index in [9.17, 15) is 13.2 Å². The van der Waals surface area contributed by atoms with Crippen molar-refractivity contribution in [2.24, 2.45) is 0 Å². The lowest BCUT2D eigenvalue weighted by molar-refractivity contribution is -0.137. The third kappa shape index (κ3) is 4.04. The largest absolute Gasteiger partial charge is 0.487 e. The highest BCUT2D eigenvalue weighted by Gasteiger charge is 2.33. The standard InChI is InChI=1S/C14H17F3O2/c1-13(2,3)19-11-7-4-9(14(15,16)17)8-12(11)18-10-5-6-10/h4,7-8,10H,5-6H2,1-3H3. The highest BCUT2D eigenvalue weighted by molar-refractivity contribution is 5.44. The van der Waals surface area contributed by atoms with Gasteiger partial charge in [0, 0.05) is 0 Å². The minimum absolute atomic E-state index is 0.0193. The van der Waals surface area contributed by atoms with E-state index in [2.05, 4.69) is 0 Å². The Morgan fingerprint density at radius 1 is 1.05 bits per heavy atom. The summed E-state index contributed by atoms with van der Waals surface area (Å²) in [5, 5.41) is 0. The molecule has 1 aromatic carbocycles. The third-order valence-electron chi connectivity index (χ3n) is 2.51. The van der Waals surface area contributed by atoms with Gasteiger partial charge in [0.05, 0.1) is 11.7 Å². The summed E-state index contributed by atoms with van der Waals surface area (Å²) in [5.74, 6) is 0.527. The van der Waals surface area contributed by atoms with Gasteiger partial charge in [0.25, 0.3) is 0 Å². The molecule has 106 valence electrons. The van der Waals surface area contributed by atoms with Crippen molar-refractivity contribution in [2.75, 3.05) is 0 Å². The summed E-state index contributed by atoms with van der Waals surface area (Å²) in [4.78, 5) is 0. The lowest BCUT2D eigenvalue weighted by atomic mass is 10.1. The lowest BCUT2D eigenvalue weighted by Gasteiger charge is -2.23. The Hall–Kier alpha value is -1.39. The number of ether oxygens (including phenoxy) is 2. The van der Waals surface area contributed by atoms with Gasteiger partial charge in [-0.2, -0.15) is 13.2 Å². The van der Waals surface area contributed by atoms with Crippen LogP contribution in [0.3, 0.4) is 0 Å². The third-order valence-corrected chi connectivity index (χ3v) is 2.51. The second kappa shape index (κ2) is 4.62. The van der Waals surface area contributed by atoms with Gasteiger partial charge in [-0.05, 0) is 51.8 Å². The fourth-order valence-electron chi connectivity index (χ4n) is 1.56. The molecule has 5 heteroatoms. The van der Waals surface area contributed by atoms with Crippen LogP contribution in [-0.2, 0) is 6.18 Å². The van der Waals surface area contributed by atoms with E-state index in [1.165, 1.54) is 6.07 Å². The summed E-state index contributed by atoms with van der Waals surface area (Å²) in [6.07, 6.45) is -2.59. The summed E-state index contributed by atoms with van der Waals surface area (Å²) in [6.45, 7) is 5.52. The van der Waals surface area contributed by atoms with E-state index in [4.69, 9.17) is 9.47 Å². The van der Waals surface area contributed by atoms with E-state index in [-0.39, 0.29) is 11.9 Å². The van der Waals surface area contributed by atoms with Crippen LogP contribution in [0.15, 0.2) is 18.2 Å². The van der Waals surface area contributed by atoms with Crippen molar-refractivity contribution < 1.29 is 22.6 Å². The van der Waals surface area contributed by atoms with Crippen molar-refractivity contribution in [3.05, 3.63) is 23.8 Å². The van der Waals surface area contributed by atoms with Gasteiger partial charge in [-0.1, -0.05) is 0 Å². The Morgan fingerprint density at radius 2 is 1.68 bits per heavy atom. The number of hydrogen-bond donors (Lipinski definition) is 0. The molecule has 0 unspecified atom stereocenters. The van der Waals surface area contributed by atoms with Crippen LogP contribution in [0.4, 0.5) is 13.2 Å². The van der Waals surface area contributed by atoms with Gasteiger partial charge < -0.3 is 9.47 Å². The van der Waals surface area contributed by atoms with Gasteiger partial charge in [-0.3, -0.25) is 0 Å². The molecule has 19 heavy (non-hydrogen) atoms. The van der Waals surface area contributed by atoms with Gasteiger partial charge in [-0.15, -0.1) is 0 Å². The molecule has 0 aliphatic heterocycles. The molecule has 1 aliphatic carbocycles. The van der Waals surface area contributed by atoms with Crippen LogP contribution in [-0.4, -0.2) is 11.7 Å². The maximum Gasteiger partial charge on any atom is 0.416 e. The van der Waals surface area contributed by atoms with E-state index in [0.29, 0.717) is 5.75 Å². The van der Waals surface area contributed by atoms with Gasteiger partial charge in [0.1, 0.15) is 5.60 Å². The zero-order chi connectivity index (χ0) is 14.3. The van der Waals surface area contributed by atoms with E-state index < -0.39 is 17.3 Å². The number of hydrogen-bond acceptors (Lipinski definition) is 2. The molecule has 0 amide bonds. The zero-order valence-electron chi connectivity index (χ0n) is 11.2. The normalized spacial score (nSPS) is 16.3. The maximum absolute atomic E-state index is 12.7. The monoisotopic (exact) mass is 274 g/mol. The number of benzene rings is 1. The first-order valence-electron chi connectivity index (χ1n) is 6.22. The molecule has 0 saturated heterocycles. The maximum atomic E-state index is 12.7. The molecule has 0 bridgehead atoms. The molecule has 2 nitrogen and oxygen atoms in total. The average Bonchev–Trinajstić information content (AvgIpc) is 3.00. The predicted molar refractivity (Wildman–Crippen MR) is 65.5 cm³/mol. The number of halogens is 3. The Balaban J connectivity index is 2.30. The molecule has 2 rings (SSSR count). The smallest absolute Gasteiger partial charge is 0.416 e. The van der Waals surface area contributed by atoms with Crippen LogP contribution in [0.1, 0.15) is 39.2 Å². The quantitative estimate of drug-likeness (QED) is 0.812. The van der Waals surface area contributed by atoms with Gasteiger partial charge in [0.2, 0.25) is 0 Å². The average molecular weight is 274 g/mol. The number of alkyl halides is 3. The fraction of sp³-hybridized carbons (Fsp3) is 0.571. The van der Waals surface area contributed by atoms with E-state index in [0.717, 1.165) is 25.0 Å². The van der Waals surface area contributed by atoms with Crippen LogP contribution in [0.5, 0.6) is 11.5 Å². The van der Waals surface area contributed by atoms with Gasteiger partial charge in [0.15, 0.2) is 11.5 Å². The zero-order valence-corrected chi connectivity index (χ0v) is 11.2. The van der Waals surface area contributed by atoms with Crippen LogP contribution in [0.2, 0.25) is 0 Å². The van der Waals surface area contributed by atoms with Crippen LogP contribution in [0, 0.1) is 0 Å². The van der Waals surface area contributed by atoms with Crippen molar-refractivity contribution in [2.45, 2.75) is 51.5 Å². The van der Waals surface area contributed by atoms with E-state index >= 15 is 0 Å². The molecule has 0 N–H and O–H groups in total. The summed E-state index contributed by atoms with van der Waals surface area (Å²) in [5.41, 5.74) is -1.20. The lowest BCUT2D eigenvalue weighted by Crippen LogP contribution is -2.23. The summed E-state index contributed by atoms with van der Waals surface area (Å²) in [6, 6.07) is 3.35. The minimum Gasteiger partial charge on any atom is -0.487 e. The van der Waals surface area contributed by atoms with E-state index in [1.807, 2.05) is 20.8 Å². The Kier molecular flexibility index (Phi) is 3.41. The molecular weight excluding hydrogens is 257 g/mol. The highest BCUT2D eigenvalue weighted by atomic mass is 19.4. The Labute approximate surface area is 110 Å². The van der Waals surface area contributed by atoms with Gasteiger partial charge in [-0.25, -0.2) is 0 Å². The summed E-state index contributed by atoms with van der Waals surface area (Å²) >= 11 is 0. The fourth-order valence-corrected chi connectivity index (χ4v) is 1.56. The highest BCUT2D eigenvalue weighted by Crippen LogP contribution is 2.40. The molecule has 1 aromatic rings. The van der Waals surface area contributed by atoms with Crippen molar-refractivity contribution >= 4 is 0 Å². The molecule has 1 aliphatic rings. The van der Waals surface area contributed by atoms with Gasteiger partial charge >= 0.3 is 6.18 Å². The first-order valence-corrected chi connectivity index (χ1v) is 6.22. The van der Waals surface area contributed by atoms with Crippen molar-refractivity contribution in [3.8, 4) is 11.5 Å². The van der Waals surface area contributed by atoms with Crippen LogP contribution >= 0.6 is 0 Å². The molecule has 0 aromatic heterocycles. The second-order valence-corrected chi connectivity index (χ2v) is 5.69.